The van der Waals surface area contributed by atoms with Crippen molar-refractivity contribution in [2.75, 3.05) is 13.1 Å². The summed E-state index contributed by atoms with van der Waals surface area (Å²) in [6.07, 6.45) is 5.86. The minimum atomic E-state index is -0.449. The minimum Gasteiger partial charge on any atom is -0.444 e. The highest BCUT2D eigenvalue weighted by Crippen LogP contribution is 2.26. The summed E-state index contributed by atoms with van der Waals surface area (Å²) in [7, 11) is 0. The van der Waals surface area contributed by atoms with Gasteiger partial charge in [0.15, 0.2) is 0 Å². The van der Waals surface area contributed by atoms with Gasteiger partial charge in [0.05, 0.1) is 12.2 Å². The molecule has 0 N–H and O–H groups in total. The molecule has 0 aromatic carbocycles. The summed E-state index contributed by atoms with van der Waals surface area (Å²) < 4.78 is 7.49. The van der Waals surface area contributed by atoms with Crippen molar-refractivity contribution in [1.29, 1.82) is 0 Å². The van der Waals surface area contributed by atoms with E-state index in [0.717, 1.165) is 19.4 Å². The molecule has 1 atom stereocenters. The van der Waals surface area contributed by atoms with Gasteiger partial charge >= 0.3 is 6.09 Å². The molecule has 5 heteroatoms. The molecule has 0 spiro atoms. The van der Waals surface area contributed by atoms with Gasteiger partial charge in [0.25, 0.3) is 0 Å². The molecule has 1 aliphatic rings. The van der Waals surface area contributed by atoms with Crippen LogP contribution in [0.25, 0.3) is 0 Å². The summed E-state index contributed by atoms with van der Waals surface area (Å²) in [5, 5.41) is 4.51. The number of carbonyl (C=O) groups is 1. The van der Waals surface area contributed by atoms with E-state index in [1.165, 1.54) is 5.56 Å². The van der Waals surface area contributed by atoms with Crippen molar-refractivity contribution < 1.29 is 9.53 Å². The lowest BCUT2D eigenvalue weighted by molar-refractivity contribution is 0.0167. The van der Waals surface area contributed by atoms with Crippen LogP contribution in [0.5, 0.6) is 0 Å². The zero-order valence-corrected chi connectivity index (χ0v) is 14.7. The van der Waals surface area contributed by atoms with Crippen molar-refractivity contribution in [2.45, 2.75) is 71.4 Å². The van der Waals surface area contributed by atoms with E-state index in [1.807, 2.05) is 31.6 Å². The summed E-state index contributed by atoms with van der Waals surface area (Å²) in [5.74, 6) is 0. The maximum Gasteiger partial charge on any atom is 0.410 e. The van der Waals surface area contributed by atoms with Gasteiger partial charge in [-0.25, -0.2) is 4.79 Å². The Morgan fingerprint density at radius 2 is 1.95 bits per heavy atom. The number of carbonyl (C=O) groups excluding carboxylic acids is 1. The highest BCUT2D eigenvalue weighted by Gasteiger charge is 2.29. The molecule has 0 radical (unpaired) electrons. The predicted octanol–water partition coefficient (Wildman–Crippen LogP) is 3.75. The standard InChI is InChI=1S/C17H29N3O2/c1-16(2,3)13-10-18-20(11-13)14-8-7-9-19(12-14)15(21)22-17(4,5)6/h10-11,14H,7-9,12H2,1-6H3/t14-/m1/s1. The molecule has 0 unspecified atom stereocenters. The van der Waals surface area contributed by atoms with E-state index in [9.17, 15) is 4.79 Å². The van der Waals surface area contributed by atoms with Gasteiger partial charge in [-0.3, -0.25) is 4.68 Å². The molecule has 1 amide bonds. The van der Waals surface area contributed by atoms with E-state index in [4.69, 9.17) is 4.74 Å². The normalized spacial score (nSPS) is 20.1. The van der Waals surface area contributed by atoms with Crippen molar-refractivity contribution in [3.8, 4) is 0 Å². The highest BCUT2D eigenvalue weighted by atomic mass is 16.6. The average Bonchev–Trinajstić information content (AvgIpc) is 2.86. The number of piperidine rings is 1. The highest BCUT2D eigenvalue weighted by molar-refractivity contribution is 5.68. The third-order valence-electron chi connectivity index (χ3n) is 3.89. The Morgan fingerprint density at radius 1 is 1.27 bits per heavy atom. The topological polar surface area (TPSA) is 47.4 Å². The quantitative estimate of drug-likeness (QED) is 0.794. The van der Waals surface area contributed by atoms with Crippen LogP contribution in [0.3, 0.4) is 0 Å². The Hall–Kier alpha value is -1.52. The van der Waals surface area contributed by atoms with E-state index in [1.54, 1.807) is 4.90 Å². The Balaban J connectivity index is 2.04. The molecule has 1 fully saturated rings. The van der Waals surface area contributed by atoms with Gasteiger partial charge in [-0.05, 0) is 44.6 Å². The summed E-state index contributed by atoms with van der Waals surface area (Å²) >= 11 is 0. The second kappa shape index (κ2) is 5.94. The van der Waals surface area contributed by atoms with Crippen molar-refractivity contribution in [3.05, 3.63) is 18.0 Å². The minimum absolute atomic E-state index is 0.0950. The molecular formula is C17H29N3O2. The van der Waals surface area contributed by atoms with E-state index in [-0.39, 0.29) is 17.6 Å². The number of nitrogens with zero attached hydrogens (tertiary/aromatic N) is 3. The maximum absolute atomic E-state index is 12.2. The molecule has 2 heterocycles. The van der Waals surface area contributed by atoms with Crippen LogP contribution in [-0.2, 0) is 10.2 Å². The number of amides is 1. The van der Waals surface area contributed by atoms with E-state index in [0.29, 0.717) is 6.54 Å². The number of hydrogen-bond donors (Lipinski definition) is 0. The third-order valence-corrected chi connectivity index (χ3v) is 3.89. The van der Waals surface area contributed by atoms with Gasteiger partial charge in [-0.2, -0.15) is 5.10 Å². The molecule has 1 saturated heterocycles. The van der Waals surface area contributed by atoms with Crippen LogP contribution in [0.1, 0.15) is 66.0 Å². The van der Waals surface area contributed by atoms with Crippen molar-refractivity contribution in [3.63, 3.8) is 0 Å². The lowest BCUT2D eigenvalue weighted by Gasteiger charge is -2.34. The lowest BCUT2D eigenvalue weighted by Crippen LogP contribution is -2.43. The summed E-state index contributed by atoms with van der Waals surface area (Å²) in [6, 6.07) is 0.234. The molecule has 0 saturated carbocycles. The van der Waals surface area contributed by atoms with Crippen LogP contribution in [0, 0.1) is 0 Å². The Kier molecular flexibility index (Phi) is 4.54. The van der Waals surface area contributed by atoms with Crippen LogP contribution in [0.15, 0.2) is 12.4 Å². The predicted molar refractivity (Wildman–Crippen MR) is 87.0 cm³/mol. The molecule has 2 rings (SSSR count). The maximum atomic E-state index is 12.2. The van der Waals surface area contributed by atoms with Crippen LogP contribution in [0.2, 0.25) is 0 Å². The summed E-state index contributed by atoms with van der Waals surface area (Å²) in [6.45, 7) is 13.7. The first-order valence-electron chi connectivity index (χ1n) is 8.09. The first kappa shape index (κ1) is 16.8. The molecule has 0 aliphatic carbocycles. The smallest absolute Gasteiger partial charge is 0.410 e. The molecule has 1 aromatic rings. The average molecular weight is 307 g/mol. The Labute approximate surface area is 133 Å². The van der Waals surface area contributed by atoms with Crippen LogP contribution in [-0.4, -0.2) is 39.5 Å². The van der Waals surface area contributed by atoms with Gasteiger partial charge in [0, 0.05) is 19.3 Å². The molecule has 124 valence electrons. The van der Waals surface area contributed by atoms with Gasteiger partial charge < -0.3 is 9.64 Å². The van der Waals surface area contributed by atoms with Gasteiger partial charge in [-0.15, -0.1) is 0 Å². The first-order chi connectivity index (χ1) is 10.1. The number of aromatic nitrogens is 2. The SMILES string of the molecule is CC(C)(C)OC(=O)N1CCC[C@@H](n2cc(C(C)(C)C)cn2)C1. The first-order valence-corrected chi connectivity index (χ1v) is 8.09. The van der Waals surface area contributed by atoms with Crippen LogP contribution < -0.4 is 0 Å². The zero-order chi connectivity index (χ0) is 16.5. The Bertz CT molecular complexity index is 523. The second-order valence-corrected chi connectivity index (χ2v) is 8.18. The molecular weight excluding hydrogens is 278 g/mol. The number of rotatable bonds is 1. The summed E-state index contributed by atoms with van der Waals surface area (Å²) in [5.41, 5.74) is 0.870. The molecule has 22 heavy (non-hydrogen) atoms. The molecule has 0 bridgehead atoms. The number of likely N-dealkylation sites (tertiary alicyclic amines) is 1. The molecule has 1 aliphatic heterocycles. The number of ether oxygens (including phenoxy) is 1. The largest absolute Gasteiger partial charge is 0.444 e. The van der Waals surface area contributed by atoms with Crippen molar-refractivity contribution >= 4 is 6.09 Å². The molecule has 1 aromatic heterocycles. The fourth-order valence-electron chi connectivity index (χ4n) is 2.59. The van der Waals surface area contributed by atoms with Crippen LogP contribution >= 0.6 is 0 Å². The zero-order valence-electron chi connectivity index (χ0n) is 14.7. The van der Waals surface area contributed by atoms with Gasteiger partial charge in [-0.1, -0.05) is 20.8 Å². The number of hydrogen-bond acceptors (Lipinski definition) is 3. The van der Waals surface area contributed by atoms with Gasteiger partial charge in [0.2, 0.25) is 0 Å². The summed E-state index contributed by atoms with van der Waals surface area (Å²) in [4.78, 5) is 14.0. The fraction of sp³-hybridized carbons (Fsp3) is 0.765. The van der Waals surface area contributed by atoms with E-state index < -0.39 is 5.60 Å². The van der Waals surface area contributed by atoms with Gasteiger partial charge in [0.1, 0.15) is 5.60 Å². The lowest BCUT2D eigenvalue weighted by atomic mass is 9.90. The van der Waals surface area contributed by atoms with E-state index >= 15 is 0 Å². The monoisotopic (exact) mass is 307 g/mol. The second-order valence-electron chi connectivity index (χ2n) is 8.18. The van der Waals surface area contributed by atoms with Crippen molar-refractivity contribution in [2.24, 2.45) is 0 Å². The van der Waals surface area contributed by atoms with Crippen molar-refractivity contribution in [1.82, 2.24) is 14.7 Å². The van der Waals surface area contributed by atoms with Crippen LogP contribution in [0.4, 0.5) is 4.79 Å². The Morgan fingerprint density at radius 3 is 2.50 bits per heavy atom. The third kappa shape index (κ3) is 4.24. The van der Waals surface area contributed by atoms with E-state index in [2.05, 4.69) is 32.1 Å². The fourth-order valence-corrected chi connectivity index (χ4v) is 2.59. The molecule has 5 nitrogen and oxygen atoms in total.